The van der Waals surface area contributed by atoms with Gasteiger partial charge in [-0.1, -0.05) is 25.1 Å². The fourth-order valence-electron chi connectivity index (χ4n) is 2.25. The predicted octanol–water partition coefficient (Wildman–Crippen LogP) is 1.65. The highest BCUT2D eigenvalue weighted by Gasteiger charge is 2.23. The number of hydrogen-bond acceptors (Lipinski definition) is 3. The van der Waals surface area contributed by atoms with Crippen molar-refractivity contribution in [3.63, 3.8) is 0 Å². The van der Waals surface area contributed by atoms with Gasteiger partial charge in [0.05, 0.1) is 6.61 Å². The summed E-state index contributed by atoms with van der Waals surface area (Å²) in [7, 11) is 0. The van der Waals surface area contributed by atoms with E-state index in [0.29, 0.717) is 19.1 Å². The SMILES string of the molecule is CC(N)C(C)C(=O)NCC1CCOc2ccccc21. The third-order valence-electron chi connectivity index (χ3n) is 3.81. The average molecular weight is 262 g/mol. The normalized spacial score (nSPS) is 20.9. The van der Waals surface area contributed by atoms with E-state index < -0.39 is 0 Å². The number of benzene rings is 1. The Labute approximate surface area is 114 Å². The van der Waals surface area contributed by atoms with Crippen LogP contribution in [0.15, 0.2) is 24.3 Å². The van der Waals surface area contributed by atoms with Crippen molar-refractivity contribution in [2.45, 2.75) is 32.2 Å². The summed E-state index contributed by atoms with van der Waals surface area (Å²) in [6.07, 6.45) is 0.934. The zero-order valence-corrected chi connectivity index (χ0v) is 11.6. The number of ether oxygens (including phenoxy) is 1. The first-order valence-electron chi connectivity index (χ1n) is 6.84. The molecule has 0 fully saturated rings. The highest BCUT2D eigenvalue weighted by molar-refractivity contribution is 5.79. The second-order valence-corrected chi connectivity index (χ2v) is 5.26. The molecule has 3 unspecified atom stereocenters. The van der Waals surface area contributed by atoms with Gasteiger partial charge in [-0.2, -0.15) is 0 Å². The molecular weight excluding hydrogens is 240 g/mol. The lowest BCUT2D eigenvalue weighted by atomic mass is 9.93. The Bertz CT molecular complexity index is 446. The van der Waals surface area contributed by atoms with Crippen LogP contribution in [0.3, 0.4) is 0 Å². The van der Waals surface area contributed by atoms with Gasteiger partial charge in [-0.3, -0.25) is 4.79 Å². The minimum absolute atomic E-state index is 0.0268. The third kappa shape index (κ3) is 3.26. The van der Waals surface area contributed by atoms with Crippen molar-refractivity contribution >= 4 is 5.91 Å². The second-order valence-electron chi connectivity index (χ2n) is 5.26. The summed E-state index contributed by atoms with van der Waals surface area (Å²) >= 11 is 0. The fraction of sp³-hybridized carbons (Fsp3) is 0.533. The molecule has 2 rings (SSSR count). The van der Waals surface area contributed by atoms with Crippen molar-refractivity contribution in [2.24, 2.45) is 11.7 Å². The van der Waals surface area contributed by atoms with E-state index in [9.17, 15) is 4.79 Å². The highest BCUT2D eigenvalue weighted by Crippen LogP contribution is 2.32. The molecule has 1 heterocycles. The van der Waals surface area contributed by atoms with Gasteiger partial charge in [-0.05, 0) is 25.0 Å². The van der Waals surface area contributed by atoms with Gasteiger partial charge in [0, 0.05) is 24.4 Å². The number of nitrogens with one attached hydrogen (secondary N) is 1. The molecule has 0 radical (unpaired) electrons. The Kier molecular flexibility index (Phi) is 4.43. The van der Waals surface area contributed by atoms with Crippen LogP contribution in [0.2, 0.25) is 0 Å². The van der Waals surface area contributed by atoms with Crippen LogP contribution in [0.25, 0.3) is 0 Å². The predicted molar refractivity (Wildman–Crippen MR) is 75.1 cm³/mol. The van der Waals surface area contributed by atoms with E-state index in [-0.39, 0.29) is 17.9 Å². The summed E-state index contributed by atoms with van der Waals surface area (Å²) in [5, 5.41) is 3.00. The Morgan fingerprint density at radius 2 is 2.21 bits per heavy atom. The summed E-state index contributed by atoms with van der Waals surface area (Å²) in [5.74, 6) is 1.14. The van der Waals surface area contributed by atoms with Gasteiger partial charge in [0.1, 0.15) is 5.75 Å². The first-order valence-corrected chi connectivity index (χ1v) is 6.84. The molecule has 1 amide bonds. The molecule has 0 aromatic heterocycles. The van der Waals surface area contributed by atoms with Gasteiger partial charge < -0.3 is 15.8 Å². The van der Waals surface area contributed by atoms with Gasteiger partial charge in [0.15, 0.2) is 0 Å². The number of amides is 1. The van der Waals surface area contributed by atoms with Gasteiger partial charge in [-0.15, -0.1) is 0 Å². The lowest BCUT2D eigenvalue weighted by molar-refractivity contribution is -0.125. The minimum Gasteiger partial charge on any atom is -0.493 e. The zero-order chi connectivity index (χ0) is 13.8. The molecule has 1 aromatic rings. The third-order valence-corrected chi connectivity index (χ3v) is 3.81. The monoisotopic (exact) mass is 262 g/mol. The summed E-state index contributed by atoms with van der Waals surface area (Å²) < 4.78 is 5.61. The van der Waals surface area contributed by atoms with E-state index in [1.165, 1.54) is 5.56 Å². The van der Waals surface area contributed by atoms with Crippen LogP contribution in [-0.4, -0.2) is 25.1 Å². The quantitative estimate of drug-likeness (QED) is 0.867. The van der Waals surface area contributed by atoms with Crippen molar-refractivity contribution in [1.82, 2.24) is 5.32 Å². The number of carbonyl (C=O) groups is 1. The first-order chi connectivity index (χ1) is 9.09. The molecule has 0 saturated carbocycles. The number of para-hydroxylation sites is 1. The molecule has 0 aliphatic carbocycles. The Morgan fingerprint density at radius 1 is 1.47 bits per heavy atom. The topological polar surface area (TPSA) is 64.4 Å². The molecular formula is C15H22N2O2. The van der Waals surface area contributed by atoms with Crippen molar-refractivity contribution in [3.05, 3.63) is 29.8 Å². The smallest absolute Gasteiger partial charge is 0.224 e. The number of fused-ring (bicyclic) bond motifs is 1. The highest BCUT2D eigenvalue weighted by atomic mass is 16.5. The maximum Gasteiger partial charge on any atom is 0.224 e. The molecule has 3 atom stereocenters. The number of hydrogen-bond donors (Lipinski definition) is 2. The number of nitrogens with two attached hydrogens (primary N) is 1. The maximum absolute atomic E-state index is 11.9. The summed E-state index contributed by atoms with van der Waals surface area (Å²) in [6, 6.07) is 7.90. The zero-order valence-electron chi connectivity index (χ0n) is 11.6. The first kappa shape index (κ1) is 13.9. The molecule has 4 nitrogen and oxygen atoms in total. The standard InChI is InChI=1S/C15H22N2O2/c1-10(11(2)16)15(18)17-9-12-7-8-19-14-6-4-3-5-13(12)14/h3-6,10-12H,7-9,16H2,1-2H3,(H,17,18). The molecule has 1 aromatic carbocycles. The van der Waals surface area contributed by atoms with Gasteiger partial charge in [0.2, 0.25) is 5.91 Å². The van der Waals surface area contributed by atoms with Crippen molar-refractivity contribution in [2.75, 3.05) is 13.2 Å². The van der Waals surface area contributed by atoms with Crippen LogP contribution in [0.4, 0.5) is 0 Å². The second kappa shape index (κ2) is 6.06. The molecule has 0 saturated heterocycles. The van der Waals surface area contributed by atoms with Crippen molar-refractivity contribution in [1.29, 1.82) is 0 Å². The van der Waals surface area contributed by atoms with Crippen molar-refractivity contribution < 1.29 is 9.53 Å². The molecule has 104 valence electrons. The van der Waals surface area contributed by atoms with E-state index in [1.54, 1.807) is 0 Å². The lowest BCUT2D eigenvalue weighted by Crippen LogP contribution is -2.40. The van der Waals surface area contributed by atoms with Crippen LogP contribution in [-0.2, 0) is 4.79 Å². The van der Waals surface area contributed by atoms with Gasteiger partial charge in [0.25, 0.3) is 0 Å². The molecule has 1 aliphatic rings. The number of carbonyl (C=O) groups excluding carboxylic acids is 1. The molecule has 4 heteroatoms. The molecule has 0 spiro atoms. The van der Waals surface area contributed by atoms with E-state index in [0.717, 1.165) is 12.2 Å². The molecule has 19 heavy (non-hydrogen) atoms. The van der Waals surface area contributed by atoms with E-state index >= 15 is 0 Å². The largest absolute Gasteiger partial charge is 0.493 e. The Balaban J connectivity index is 1.96. The van der Waals surface area contributed by atoms with Gasteiger partial charge in [-0.25, -0.2) is 0 Å². The number of rotatable bonds is 4. The summed E-state index contributed by atoms with van der Waals surface area (Å²) in [5.41, 5.74) is 6.92. The molecule has 0 bridgehead atoms. The van der Waals surface area contributed by atoms with Gasteiger partial charge >= 0.3 is 0 Å². The van der Waals surface area contributed by atoms with E-state index in [4.69, 9.17) is 10.5 Å². The fourth-order valence-corrected chi connectivity index (χ4v) is 2.25. The van der Waals surface area contributed by atoms with E-state index in [2.05, 4.69) is 11.4 Å². The summed E-state index contributed by atoms with van der Waals surface area (Å²) in [6.45, 7) is 5.07. The van der Waals surface area contributed by atoms with Crippen LogP contribution in [0, 0.1) is 5.92 Å². The minimum atomic E-state index is -0.157. The van der Waals surface area contributed by atoms with E-state index in [1.807, 2.05) is 32.0 Å². The van der Waals surface area contributed by atoms with Crippen molar-refractivity contribution in [3.8, 4) is 5.75 Å². The van der Waals surface area contributed by atoms with Crippen LogP contribution in [0.5, 0.6) is 5.75 Å². The average Bonchev–Trinajstić information content (AvgIpc) is 2.43. The summed E-state index contributed by atoms with van der Waals surface area (Å²) in [4.78, 5) is 11.9. The van der Waals surface area contributed by atoms with Crippen LogP contribution >= 0.6 is 0 Å². The Morgan fingerprint density at radius 3 is 2.95 bits per heavy atom. The maximum atomic E-state index is 11.9. The van der Waals surface area contributed by atoms with Crippen LogP contribution < -0.4 is 15.8 Å². The Hall–Kier alpha value is -1.55. The molecule has 3 N–H and O–H groups in total. The molecule has 1 aliphatic heterocycles. The lowest BCUT2D eigenvalue weighted by Gasteiger charge is -2.26. The van der Waals surface area contributed by atoms with Crippen LogP contribution in [0.1, 0.15) is 31.7 Å².